The Kier molecular flexibility index (Phi) is 4.85. The molecule has 10 heteroatoms. The summed E-state index contributed by atoms with van der Waals surface area (Å²) in [5.74, 6) is 0.351. The molecule has 0 aliphatic carbocycles. The van der Waals surface area contributed by atoms with E-state index in [1.807, 2.05) is 18.2 Å². The van der Waals surface area contributed by atoms with Gasteiger partial charge in [0.05, 0.1) is 23.8 Å². The summed E-state index contributed by atoms with van der Waals surface area (Å²) in [5.41, 5.74) is 4.29. The number of benzene rings is 2. The Labute approximate surface area is 167 Å². The normalized spacial score (nSPS) is 11.5. The van der Waals surface area contributed by atoms with Crippen molar-refractivity contribution in [2.24, 2.45) is 0 Å². The van der Waals surface area contributed by atoms with Crippen LogP contribution in [0.1, 0.15) is 12.5 Å². The van der Waals surface area contributed by atoms with Crippen LogP contribution < -0.4 is 10.0 Å². The van der Waals surface area contributed by atoms with E-state index in [0.717, 1.165) is 18.4 Å². The second-order valence-corrected chi connectivity index (χ2v) is 8.26. The van der Waals surface area contributed by atoms with Crippen molar-refractivity contribution in [3.8, 4) is 5.69 Å². The van der Waals surface area contributed by atoms with Gasteiger partial charge in [-0.25, -0.2) is 13.4 Å². The van der Waals surface area contributed by atoms with Gasteiger partial charge in [-0.1, -0.05) is 30.3 Å². The second-order valence-electron chi connectivity index (χ2n) is 6.51. The summed E-state index contributed by atoms with van der Waals surface area (Å²) < 4.78 is 27.0. The van der Waals surface area contributed by atoms with Gasteiger partial charge in [-0.05, 0) is 42.3 Å². The minimum atomic E-state index is -3.36. The zero-order valence-electron chi connectivity index (χ0n) is 15.9. The number of aromatic nitrogens is 5. The molecule has 0 spiro atoms. The van der Waals surface area contributed by atoms with E-state index in [2.05, 4.69) is 43.3 Å². The monoisotopic (exact) mass is 409 g/mol. The first-order valence-electron chi connectivity index (χ1n) is 8.94. The van der Waals surface area contributed by atoms with Crippen molar-refractivity contribution < 1.29 is 8.42 Å². The zero-order chi connectivity index (χ0) is 20.4. The van der Waals surface area contributed by atoms with Crippen LogP contribution in [0.5, 0.6) is 0 Å². The largest absolute Gasteiger partial charge is 0.324 e. The van der Waals surface area contributed by atoms with Crippen molar-refractivity contribution in [3.05, 3.63) is 60.3 Å². The van der Waals surface area contributed by atoms with E-state index in [-0.39, 0.29) is 0 Å². The lowest BCUT2D eigenvalue weighted by Gasteiger charge is -2.08. The van der Waals surface area contributed by atoms with E-state index in [1.165, 1.54) is 5.56 Å². The summed E-state index contributed by atoms with van der Waals surface area (Å²) in [6, 6.07) is 14.9. The van der Waals surface area contributed by atoms with E-state index in [1.54, 1.807) is 35.1 Å². The molecule has 0 saturated carbocycles. The SMILES string of the molecule is CCc1cccc(-n2nnc3cnc(Nc4cccc(NS(C)(=O)=O)c4)nc32)c1. The number of hydrogen-bond donors (Lipinski definition) is 2. The van der Waals surface area contributed by atoms with Gasteiger partial charge in [0.1, 0.15) is 0 Å². The van der Waals surface area contributed by atoms with Crippen molar-refractivity contribution in [1.82, 2.24) is 25.0 Å². The van der Waals surface area contributed by atoms with Crippen molar-refractivity contribution in [2.75, 3.05) is 16.3 Å². The first-order chi connectivity index (χ1) is 13.9. The highest BCUT2D eigenvalue weighted by atomic mass is 32.2. The average Bonchev–Trinajstić information content (AvgIpc) is 3.10. The number of nitrogens with one attached hydrogen (secondary N) is 2. The quantitative estimate of drug-likeness (QED) is 0.503. The van der Waals surface area contributed by atoms with Gasteiger partial charge in [0, 0.05) is 5.69 Å². The lowest BCUT2D eigenvalue weighted by Crippen LogP contribution is -2.09. The Balaban J connectivity index is 1.67. The molecule has 4 rings (SSSR count). The molecule has 0 aliphatic rings. The smallest absolute Gasteiger partial charge is 0.229 e. The minimum Gasteiger partial charge on any atom is -0.324 e. The maximum atomic E-state index is 11.4. The molecule has 148 valence electrons. The molecule has 9 nitrogen and oxygen atoms in total. The van der Waals surface area contributed by atoms with Crippen LogP contribution >= 0.6 is 0 Å². The van der Waals surface area contributed by atoms with Gasteiger partial charge in [-0.3, -0.25) is 4.72 Å². The van der Waals surface area contributed by atoms with E-state index < -0.39 is 10.0 Å². The molecule has 0 saturated heterocycles. The van der Waals surface area contributed by atoms with Crippen LogP contribution in [-0.2, 0) is 16.4 Å². The van der Waals surface area contributed by atoms with Crippen LogP contribution in [0.4, 0.5) is 17.3 Å². The summed E-state index contributed by atoms with van der Waals surface area (Å²) >= 11 is 0. The fraction of sp³-hybridized carbons (Fsp3) is 0.158. The lowest BCUT2D eigenvalue weighted by molar-refractivity contribution is 0.607. The summed E-state index contributed by atoms with van der Waals surface area (Å²) in [4.78, 5) is 8.81. The molecule has 0 atom stereocenters. The molecule has 29 heavy (non-hydrogen) atoms. The van der Waals surface area contributed by atoms with E-state index >= 15 is 0 Å². The topological polar surface area (TPSA) is 115 Å². The van der Waals surface area contributed by atoms with Gasteiger partial charge in [0.15, 0.2) is 11.2 Å². The Bertz CT molecular complexity index is 1280. The minimum absolute atomic E-state index is 0.351. The number of anilines is 3. The first-order valence-corrected chi connectivity index (χ1v) is 10.8. The van der Waals surface area contributed by atoms with Crippen molar-refractivity contribution in [2.45, 2.75) is 13.3 Å². The maximum Gasteiger partial charge on any atom is 0.229 e. The molecule has 0 amide bonds. The molecule has 2 N–H and O–H groups in total. The third-order valence-corrected chi connectivity index (χ3v) is 4.78. The fourth-order valence-corrected chi connectivity index (χ4v) is 3.43. The second kappa shape index (κ2) is 7.47. The number of rotatable bonds is 6. The van der Waals surface area contributed by atoms with Crippen LogP contribution in [-0.4, -0.2) is 39.6 Å². The predicted molar refractivity (Wildman–Crippen MR) is 112 cm³/mol. The summed E-state index contributed by atoms with van der Waals surface area (Å²) in [6.45, 7) is 2.09. The zero-order valence-corrected chi connectivity index (χ0v) is 16.7. The highest BCUT2D eigenvalue weighted by Gasteiger charge is 2.11. The third-order valence-electron chi connectivity index (χ3n) is 4.18. The number of aryl methyl sites for hydroxylation is 1. The number of fused-ring (bicyclic) bond motifs is 1. The van der Waals surface area contributed by atoms with Crippen LogP contribution in [0, 0.1) is 0 Å². The van der Waals surface area contributed by atoms with Crippen LogP contribution in [0.3, 0.4) is 0 Å². The average molecular weight is 409 g/mol. The van der Waals surface area contributed by atoms with Gasteiger partial charge in [-0.15, -0.1) is 5.10 Å². The molecule has 0 fully saturated rings. The molecule has 0 unspecified atom stereocenters. The Morgan fingerprint density at radius 3 is 2.66 bits per heavy atom. The molecular formula is C19H19N7O2S. The molecule has 2 heterocycles. The van der Waals surface area contributed by atoms with Crippen LogP contribution in [0.15, 0.2) is 54.7 Å². The Hall–Kier alpha value is -3.53. The lowest BCUT2D eigenvalue weighted by atomic mass is 10.1. The standard InChI is InChI=1S/C19H19N7O2S/c1-3-13-6-4-9-16(10-13)26-18-17(23-25-26)12-20-19(22-18)21-14-7-5-8-15(11-14)24-29(2,27)28/h4-12,24H,3H2,1-2H3,(H,20,21,22). The van der Waals surface area contributed by atoms with Crippen molar-refractivity contribution in [3.63, 3.8) is 0 Å². The number of nitrogens with zero attached hydrogens (tertiary/aromatic N) is 5. The maximum absolute atomic E-state index is 11.4. The summed E-state index contributed by atoms with van der Waals surface area (Å²) in [6.07, 6.45) is 3.61. The fourth-order valence-electron chi connectivity index (χ4n) is 2.87. The van der Waals surface area contributed by atoms with Gasteiger partial charge < -0.3 is 5.32 Å². The van der Waals surface area contributed by atoms with Crippen molar-refractivity contribution >= 4 is 38.5 Å². The molecule has 2 aromatic carbocycles. The predicted octanol–water partition coefficient (Wildman–Crippen LogP) is 2.89. The molecule has 4 aromatic rings. The van der Waals surface area contributed by atoms with Gasteiger partial charge in [0.2, 0.25) is 16.0 Å². The van der Waals surface area contributed by atoms with Crippen LogP contribution in [0.25, 0.3) is 16.9 Å². The molecule has 0 bridgehead atoms. The van der Waals surface area contributed by atoms with Gasteiger partial charge in [-0.2, -0.15) is 9.67 Å². The molecular weight excluding hydrogens is 390 g/mol. The highest BCUT2D eigenvalue weighted by molar-refractivity contribution is 7.92. The molecule has 0 radical (unpaired) electrons. The van der Waals surface area contributed by atoms with Gasteiger partial charge >= 0.3 is 0 Å². The van der Waals surface area contributed by atoms with Crippen LogP contribution in [0.2, 0.25) is 0 Å². The van der Waals surface area contributed by atoms with E-state index in [0.29, 0.717) is 28.5 Å². The number of sulfonamides is 1. The molecule has 2 aromatic heterocycles. The highest BCUT2D eigenvalue weighted by Crippen LogP contribution is 2.21. The number of hydrogen-bond acceptors (Lipinski definition) is 7. The Morgan fingerprint density at radius 2 is 1.86 bits per heavy atom. The summed E-state index contributed by atoms with van der Waals surface area (Å²) in [7, 11) is -3.36. The van der Waals surface area contributed by atoms with E-state index in [9.17, 15) is 8.42 Å². The summed E-state index contributed by atoms with van der Waals surface area (Å²) in [5, 5.41) is 11.4. The first kappa shape index (κ1) is 18.8. The van der Waals surface area contributed by atoms with E-state index in [4.69, 9.17) is 0 Å². The molecule has 0 aliphatic heterocycles. The third kappa shape index (κ3) is 4.32. The van der Waals surface area contributed by atoms with Gasteiger partial charge in [0.25, 0.3) is 0 Å². The van der Waals surface area contributed by atoms with Crippen molar-refractivity contribution in [1.29, 1.82) is 0 Å². The Morgan fingerprint density at radius 1 is 1.07 bits per heavy atom.